The van der Waals surface area contributed by atoms with Crippen molar-refractivity contribution in [1.29, 1.82) is 0 Å². The Bertz CT molecular complexity index is 622. The van der Waals surface area contributed by atoms with Crippen LogP contribution >= 0.6 is 11.3 Å². The quantitative estimate of drug-likeness (QED) is 0.924. The lowest BCUT2D eigenvalue weighted by atomic mass is 10.0. The Labute approximate surface area is 108 Å². The molecular weight excluding hydrogens is 250 g/mol. The summed E-state index contributed by atoms with van der Waals surface area (Å²) in [5.41, 5.74) is 0.130. The fraction of sp³-hybridized carbons (Fsp3) is 0.385. The number of carboxylic acids is 1. The van der Waals surface area contributed by atoms with Gasteiger partial charge in [-0.2, -0.15) is 0 Å². The third kappa shape index (κ3) is 1.58. The Morgan fingerprint density at radius 2 is 2.17 bits per heavy atom. The number of aryl methyl sites for hydroxylation is 2. The van der Waals surface area contributed by atoms with Crippen molar-refractivity contribution >= 4 is 17.3 Å². The number of rotatable bonds is 3. The highest BCUT2D eigenvalue weighted by Gasteiger charge is 2.54. The van der Waals surface area contributed by atoms with Gasteiger partial charge in [-0.15, -0.1) is 11.3 Å². The Kier molecular flexibility index (Phi) is 2.35. The zero-order valence-corrected chi connectivity index (χ0v) is 11.0. The first-order chi connectivity index (χ1) is 8.53. The van der Waals surface area contributed by atoms with Gasteiger partial charge in [-0.3, -0.25) is 4.79 Å². The zero-order valence-electron chi connectivity index (χ0n) is 10.2. The second kappa shape index (κ2) is 3.68. The first-order valence-corrected chi connectivity index (χ1v) is 6.63. The van der Waals surface area contributed by atoms with Crippen LogP contribution in [0.25, 0.3) is 10.8 Å². The van der Waals surface area contributed by atoms with E-state index in [9.17, 15) is 9.90 Å². The Morgan fingerprint density at radius 1 is 1.44 bits per heavy atom. The third-order valence-corrected chi connectivity index (χ3v) is 4.72. The van der Waals surface area contributed by atoms with Gasteiger partial charge in [0, 0.05) is 4.88 Å². The molecule has 0 atom stereocenters. The molecule has 1 fully saturated rings. The maximum atomic E-state index is 11.3. The monoisotopic (exact) mass is 263 g/mol. The summed E-state index contributed by atoms with van der Waals surface area (Å²) >= 11 is 1.44. The molecule has 2 aromatic rings. The topological polar surface area (TPSA) is 63.3 Å². The lowest BCUT2D eigenvalue weighted by Crippen LogP contribution is -2.18. The van der Waals surface area contributed by atoms with Gasteiger partial charge in [0.2, 0.25) is 0 Å². The maximum absolute atomic E-state index is 11.3. The van der Waals surface area contributed by atoms with Crippen molar-refractivity contribution in [2.24, 2.45) is 0 Å². The van der Waals surface area contributed by atoms with Gasteiger partial charge in [-0.1, -0.05) is 0 Å². The van der Waals surface area contributed by atoms with E-state index in [4.69, 9.17) is 4.42 Å². The van der Waals surface area contributed by atoms with Crippen LogP contribution in [0.1, 0.15) is 29.2 Å². The van der Waals surface area contributed by atoms with E-state index in [1.54, 1.807) is 0 Å². The highest BCUT2D eigenvalue weighted by Crippen LogP contribution is 2.52. The normalized spacial score (nSPS) is 16.8. The summed E-state index contributed by atoms with van der Waals surface area (Å²) < 4.78 is 5.53. The van der Waals surface area contributed by atoms with Crippen LogP contribution in [0.4, 0.5) is 0 Å². The fourth-order valence-corrected chi connectivity index (χ4v) is 3.42. The lowest BCUT2D eigenvalue weighted by Gasteiger charge is -2.06. The average Bonchev–Trinajstić information content (AvgIpc) is 2.87. The fourth-order valence-electron chi connectivity index (χ4n) is 2.16. The van der Waals surface area contributed by atoms with Crippen molar-refractivity contribution in [1.82, 2.24) is 4.98 Å². The molecule has 0 aromatic carbocycles. The lowest BCUT2D eigenvalue weighted by molar-refractivity contribution is -0.139. The summed E-state index contributed by atoms with van der Waals surface area (Å²) in [6.07, 6.45) is 1.42. The summed E-state index contributed by atoms with van der Waals surface area (Å²) in [6, 6.07) is 3.76. The molecule has 0 spiro atoms. The summed E-state index contributed by atoms with van der Waals surface area (Å²) in [4.78, 5) is 16.7. The molecule has 0 bridgehead atoms. The van der Waals surface area contributed by atoms with E-state index in [2.05, 4.69) is 4.98 Å². The number of nitrogens with zero attached hydrogens (tertiary/aromatic N) is 1. The molecule has 2 aromatic heterocycles. The maximum Gasteiger partial charge on any atom is 0.315 e. The van der Waals surface area contributed by atoms with Crippen LogP contribution in [-0.2, 0) is 10.2 Å². The van der Waals surface area contributed by atoms with Gasteiger partial charge in [-0.05, 0) is 38.8 Å². The van der Waals surface area contributed by atoms with E-state index in [0.29, 0.717) is 18.6 Å². The number of thiazole rings is 1. The minimum absolute atomic E-state index is 0.679. The van der Waals surface area contributed by atoms with E-state index in [-0.39, 0.29) is 0 Å². The molecule has 3 rings (SSSR count). The molecule has 5 heteroatoms. The molecule has 4 nitrogen and oxygen atoms in total. The molecule has 0 aliphatic heterocycles. The molecule has 1 aliphatic rings. The first kappa shape index (κ1) is 11.5. The number of carbonyl (C=O) groups is 1. The van der Waals surface area contributed by atoms with Crippen molar-refractivity contribution in [2.75, 3.05) is 0 Å². The molecule has 1 N–H and O–H groups in total. The molecule has 1 saturated carbocycles. The largest absolute Gasteiger partial charge is 0.481 e. The van der Waals surface area contributed by atoms with Crippen LogP contribution in [0.5, 0.6) is 0 Å². The molecule has 0 unspecified atom stereocenters. The minimum Gasteiger partial charge on any atom is -0.481 e. The van der Waals surface area contributed by atoms with Crippen LogP contribution < -0.4 is 0 Å². The number of hydrogen-bond acceptors (Lipinski definition) is 4. The van der Waals surface area contributed by atoms with E-state index >= 15 is 0 Å². The molecule has 0 radical (unpaired) electrons. The van der Waals surface area contributed by atoms with Crippen LogP contribution in [0.2, 0.25) is 0 Å². The molecular formula is C13H13NO3S. The number of hydrogen-bond donors (Lipinski definition) is 1. The summed E-state index contributed by atoms with van der Waals surface area (Å²) in [5.74, 6) is 0.809. The summed E-state index contributed by atoms with van der Waals surface area (Å²) in [6.45, 7) is 3.75. The molecule has 1 aliphatic carbocycles. The molecule has 0 saturated heterocycles. The highest BCUT2D eigenvalue weighted by molar-refractivity contribution is 7.15. The van der Waals surface area contributed by atoms with Crippen molar-refractivity contribution in [3.05, 3.63) is 28.5 Å². The van der Waals surface area contributed by atoms with Gasteiger partial charge in [0.15, 0.2) is 10.8 Å². The van der Waals surface area contributed by atoms with Gasteiger partial charge in [0.1, 0.15) is 11.2 Å². The van der Waals surface area contributed by atoms with Crippen molar-refractivity contribution in [2.45, 2.75) is 32.1 Å². The molecule has 94 valence electrons. The van der Waals surface area contributed by atoms with Gasteiger partial charge in [-0.25, -0.2) is 4.98 Å². The predicted molar refractivity (Wildman–Crippen MR) is 67.8 cm³/mol. The van der Waals surface area contributed by atoms with E-state index in [1.807, 2.05) is 26.0 Å². The minimum atomic E-state index is -0.739. The van der Waals surface area contributed by atoms with Crippen LogP contribution in [-0.4, -0.2) is 16.1 Å². The van der Waals surface area contributed by atoms with Crippen molar-refractivity contribution < 1.29 is 14.3 Å². The number of furan rings is 1. The second-order valence-electron chi connectivity index (χ2n) is 4.73. The first-order valence-electron chi connectivity index (χ1n) is 5.81. The Balaban J connectivity index is 2.04. The average molecular weight is 263 g/mol. The van der Waals surface area contributed by atoms with E-state index in [1.165, 1.54) is 11.3 Å². The number of aromatic nitrogens is 1. The predicted octanol–water partition coefficient (Wildman–Crippen LogP) is 3.14. The number of aliphatic carboxylic acids is 1. The van der Waals surface area contributed by atoms with E-state index in [0.717, 1.165) is 21.3 Å². The molecule has 2 heterocycles. The summed E-state index contributed by atoms with van der Waals surface area (Å²) in [7, 11) is 0. The van der Waals surface area contributed by atoms with Crippen LogP contribution in [0.15, 0.2) is 16.5 Å². The van der Waals surface area contributed by atoms with E-state index < -0.39 is 11.4 Å². The van der Waals surface area contributed by atoms with Gasteiger partial charge in [0.05, 0.1) is 5.69 Å². The van der Waals surface area contributed by atoms with Crippen LogP contribution in [0.3, 0.4) is 0 Å². The molecule has 0 amide bonds. The Hall–Kier alpha value is -1.62. The zero-order chi connectivity index (χ0) is 12.9. The standard InChI is InChI=1S/C13H13NO3S/c1-7-3-4-9(17-7)11-14-8(2)10(18-11)13(5-6-13)12(15)16/h3-4H,5-6H2,1-2H3,(H,15,16). The van der Waals surface area contributed by atoms with Crippen LogP contribution in [0, 0.1) is 13.8 Å². The SMILES string of the molecule is Cc1ccc(-c2nc(C)c(C3(C(=O)O)CC3)s2)o1. The summed E-state index contributed by atoms with van der Waals surface area (Å²) in [5, 5.41) is 10.1. The van der Waals surface area contributed by atoms with Crippen molar-refractivity contribution in [3.63, 3.8) is 0 Å². The Morgan fingerprint density at radius 3 is 2.67 bits per heavy atom. The van der Waals surface area contributed by atoms with Gasteiger partial charge >= 0.3 is 5.97 Å². The second-order valence-corrected chi connectivity index (χ2v) is 5.73. The smallest absolute Gasteiger partial charge is 0.315 e. The number of carboxylic acid groups (broad SMARTS) is 1. The third-order valence-electron chi connectivity index (χ3n) is 3.34. The van der Waals surface area contributed by atoms with Gasteiger partial charge < -0.3 is 9.52 Å². The highest BCUT2D eigenvalue weighted by atomic mass is 32.1. The van der Waals surface area contributed by atoms with Gasteiger partial charge in [0.25, 0.3) is 0 Å². The molecule has 18 heavy (non-hydrogen) atoms. The van der Waals surface area contributed by atoms with Crippen molar-refractivity contribution in [3.8, 4) is 10.8 Å².